The van der Waals surface area contributed by atoms with Crippen LogP contribution in [-0.4, -0.2) is 38.4 Å². The van der Waals surface area contributed by atoms with Gasteiger partial charge in [-0.25, -0.2) is 0 Å². The van der Waals surface area contributed by atoms with Gasteiger partial charge in [0.05, 0.1) is 13.2 Å². The Kier molecular flexibility index (Phi) is 20.0. The molecule has 0 fully saturated rings. The average Bonchev–Trinajstić information content (AvgIpc) is 2.67. The van der Waals surface area contributed by atoms with E-state index in [1.54, 1.807) is 0 Å². The summed E-state index contributed by atoms with van der Waals surface area (Å²) in [5.74, 6) is 0. The number of carbonyl (C=O) groups excluding carboxylic acids is 2. The molecular formula is C22H38O5. The first-order valence-corrected chi connectivity index (χ1v) is 10.4. The average molecular weight is 383 g/mol. The third-order valence-electron chi connectivity index (χ3n) is 3.80. The predicted molar refractivity (Wildman–Crippen MR) is 108 cm³/mol. The van der Waals surface area contributed by atoms with Crippen LogP contribution in [0.5, 0.6) is 0 Å². The molecule has 2 atom stereocenters. The van der Waals surface area contributed by atoms with E-state index < -0.39 is 12.6 Å². The first kappa shape index (κ1) is 25.7. The maximum Gasteiger partial charge on any atom is 0.180 e. The van der Waals surface area contributed by atoms with Crippen LogP contribution < -0.4 is 0 Å². The van der Waals surface area contributed by atoms with Gasteiger partial charge in [-0.2, -0.15) is 0 Å². The number of rotatable bonds is 20. The van der Waals surface area contributed by atoms with Gasteiger partial charge in [0.1, 0.15) is 12.6 Å². The lowest BCUT2D eigenvalue weighted by molar-refractivity contribution is -0.208. The van der Waals surface area contributed by atoms with E-state index >= 15 is 0 Å². The highest BCUT2D eigenvalue weighted by Gasteiger charge is 2.13. The predicted octanol–water partition coefficient (Wildman–Crippen LogP) is 5.14. The zero-order valence-electron chi connectivity index (χ0n) is 17.1. The number of ether oxygens (including phenoxy) is 3. The minimum atomic E-state index is -0.473. The summed E-state index contributed by atoms with van der Waals surface area (Å²) in [6, 6.07) is 0. The second-order valence-electron chi connectivity index (χ2n) is 6.37. The van der Waals surface area contributed by atoms with E-state index in [9.17, 15) is 9.59 Å². The number of allylic oxidation sites excluding steroid dienone is 2. The van der Waals surface area contributed by atoms with E-state index in [2.05, 4.69) is 13.8 Å². The van der Waals surface area contributed by atoms with Crippen molar-refractivity contribution >= 4 is 12.6 Å². The monoisotopic (exact) mass is 382 g/mol. The SMILES string of the molecule is CCCCOC(C=CCCCC=O)OC(C=CCCCC=O)OCCCC. The zero-order valence-corrected chi connectivity index (χ0v) is 17.1. The molecule has 0 bridgehead atoms. The fourth-order valence-electron chi connectivity index (χ4n) is 2.15. The van der Waals surface area contributed by atoms with Gasteiger partial charge in [0.15, 0.2) is 12.6 Å². The van der Waals surface area contributed by atoms with Crippen LogP contribution in [0.15, 0.2) is 24.3 Å². The first-order chi connectivity index (χ1) is 13.3. The van der Waals surface area contributed by atoms with Crippen LogP contribution in [0, 0.1) is 0 Å². The first-order valence-electron chi connectivity index (χ1n) is 10.4. The highest BCUT2D eigenvalue weighted by Crippen LogP contribution is 2.10. The number of unbranched alkanes of at least 4 members (excludes halogenated alkanes) is 6. The van der Waals surface area contributed by atoms with Gasteiger partial charge in [0.2, 0.25) is 0 Å². The summed E-state index contributed by atoms with van der Waals surface area (Å²) in [5.41, 5.74) is 0. The molecule has 0 aliphatic carbocycles. The van der Waals surface area contributed by atoms with Crippen molar-refractivity contribution in [1.82, 2.24) is 0 Å². The molecule has 2 unspecified atom stereocenters. The van der Waals surface area contributed by atoms with Crippen LogP contribution in [0.4, 0.5) is 0 Å². The minimum absolute atomic E-state index is 0.473. The Labute approximate surface area is 165 Å². The van der Waals surface area contributed by atoms with Gasteiger partial charge >= 0.3 is 0 Å². The second-order valence-corrected chi connectivity index (χ2v) is 6.37. The van der Waals surface area contributed by atoms with Gasteiger partial charge in [0.25, 0.3) is 0 Å². The molecule has 0 aromatic heterocycles. The zero-order chi connectivity index (χ0) is 20.0. The van der Waals surface area contributed by atoms with E-state index in [1.807, 2.05) is 24.3 Å². The van der Waals surface area contributed by atoms with Gasteiger partial charge in [-0.15, -0.1) is 0 Å². The Bertz CT molecular complexity index is 356. The number of aldehydes is 2. The summed E-state index contributed by atoms with van der Waals surface area (Å²) in [4.78, 5) is 20.8. The summed E-state index contributed by atoms with van der Waals surface area (Å²) in [6.07, 6.45) is 17.2. The smallest absolute Gasteiger partial charge is 0.180 e. The lowest BCUT2D eigenvalue weighted by Crippen LogP contribution is -2.25. The Hall–Kier alpha value is -1.30. The van der Waals surface area contributed by atoms with Crippen LogP contribution in [0.25, 0.3) is 0 Å². The third kappa shape index (κ3) is 17.9. The highest BCUT2D eigenvalue weighted by atomic mass is 16.8. The van der Waals surface area contributed by atoms with Crippen LogP contribution in [0.1, 0.15) is 78.1 Å². The van der Waals surface area contributed by atoms with Gasteiger partial charge in [0, 0.05) is 12.8 Å². The molecule has 0 aliphatic rings. The lowest BCUT2D eigenvalue weighted by Gasteiger charge is -2.21. The van der Waals surface area contributed by atoms with Crippen LogP contribution in [0.2, 0.25) is 0 Å². The third-order valence-corrected chi connectivity index (χ3v) is 3.80. The topological polar surface area (TPSA) is 61.8 Å². The quantitative estimate of drug-likeness (QED) is 0.126. The fraction of sp³-hybridized carbons (Fsp3) is 0.727. The largest absolute Gasteiger partial charge is 0.349 e. The van der Waals surface area contributed by atoms with Crippen molar-refractivity contribution in [3.8, 4) is 0 Å². The molecule has 0 saturated carbocycles. The second kappa shape index (κ2) is 21.0. The molecule has 0 aromatic rings. The van der Waals surface area contributed by atoms with Crippen LogP contribution >= 0.6 is 0 Å². The molecule has 27 heavy (non-hydrogen) atoms. The Morgan fingerprint density at radius 1 is 0.667 bits per heavy atom. The Balaban J connectivity index is 4.67. The van der Waals surface area contributed by atoms with Crippen molar-refractivity contribution in [3.63, 3.8) is 0 Å². The van der Waals surface area contributed by atoms with Crippen LogP contribution in [-0.2, 0) is 23.8 Å². The van der Waals surface area contributed by atoms with Gasteiger partial charge in [-0.1, -0.05) is 38.8 Å². The molecule has 156 valence electrons. The lowest BCUT2D eigenvalue weighted by atomic mass is 10.2. The van der Waals surface area contributed by atoms with E-state index in [-0.39, 0.29) is 0 Å². The molecule has 0 N–H and O–H groups in total. The summed E-state index contributed by atoms with van der Waals surface area (Å²) in [5, 5.41) is 0. The molecule has 0 radical (unpaired) electrons. The van der Waals surface area contributed by atoms with Crippen LogP contribution in [0.3, 0.4) is 0 Å². The summed E-state index contributed by atoms with van der Waals surface area (Å²) in [6.45, 7) is 5.50. The van der Waals surface area contributed by atoms with Crippen molar-refractivity contribution < 1.29 is 23.8 Å². The van der Waals surface area contributed by atoms with E-state index in [4.69, 9.17) is 14.2 Å². The van der Waals surface area contributed by atoms with E-state index in [0.29, 0.717) is 26.1 Å². The van der Waals surface area contributed by atoms with E-state index in [1.165, 1.54) is 0 Å². The number of carbonyl (C=O) groups is 2. The standard InChI is InChI=1S/C22H38O5/c1-3-5-19-25-21(15-11-7-9-13-17-23)27-22(26-20-6-4-2)16-12-8-10-14-18-24/h11-12,15-18,21-22H,3-10,13-14,19-20H2,1-2H3. The molecular weight excluding hydrogens is 344 g/mol. The molecule has 0 spiro atoms. The molecule has 0 saturated heterocycles. The molecule has 0 aliphatic heterocycles. The van der Waals surface area contributed by atoms with Crippen molar-refractivity contribution in [1.29, 1.82) is 0 Å². The fourth-order valence-corrected chi connectivity index (χ4v) is 2.15. The van der Waals surface area contributed by atoms with Crippen molar-refractivity contribution in [2.24, 2.45) is 0 Å². The summed E-state index contributed by atoms with van der Waals surface area (Å²) >= 11 is 0. The number of hydrogen-bond donors (Lipinski definition) is 0. The molecule has 5 nitrogen and oxygen atoms in total. The normalized spacial score (nSPS) is 14.0. The molecule has 0 aromatic carbocycles. The molecule has 0 heterocycles. The summed E-state index contributed by atoms with van der Waals surface area (Å²) < 4.78 is 17.7. The summed E-state index contributed by atoms with van der Waals surface area (Å²) in [7, 11) is 0. The van der Waals surface area contributed by atoms with Crippen molar-refractivity contribution in [2.75, 3.05) is 13.2 Å². The minimum Gasteiger partial charge on any atom is -0.349 e. The number of hydrogen-bond acceptors (Lipinski definition) is 5. The highest BCUT2D eigenvalue weighted by molar-refractivity contribution is 5.49. The maximum atomic E-state index is 10.4. The Morgan fingerprint density at radius 2 is 1.11 bits per heavy atom. The van der Waals surface area contributed by atoms with Crippen molar-refractivity contribution in [3.05, 3.63) is 24.3 Å². The van der Waals surface area contributed by atoms with E-state index in [0.717, 1.165) is 63.9 Å². The van der Waals surface area contributed by atoms with Crippen molar-refractivity contribution in [2.45, 2.75) is 90.6 Å². The van der Waals surface area contributed by atoms with Gasteiger partial charge in [-0.3, -0.25) is 0 Å². The molecule has 5 heteroatoms. The molecule has 0 amide bonds. The Morgan fingerprint density at radius 3 is 1.48 bits per heavy atom. The molecule has 0 rings (SSSR count). The van der Waals surface area contributed by atoms with Gasteiger partial charge < -0.3 is 23.8 Å². The maximum absolute atomic E-state index is 10.4. The van der Waals surface area contributed by atoms with Gasteiger partial charge in [-0.05, 0) is 50.7 Å².